The van der Waals surface area contributed by atoms with Crippen LogP contribution in [0.25, 0.3) is 0 Å². The molecule has 4 nitrogen and oxygen atoms in total. The number of aliphatic hydroxyl groups is 1. The Morgan fingerprint density at radius 3 is 2.89 bits per heavy atom. The molecular formula is C13H11BrClNO3. The zero-order chi connectivity index (χ0) is 13.8. The Morgan fingerprint density at radius 1 is 1.42 bits per heavy atom. The number of furan rings is 1. The fourth-order valence-electron chi connectivity index (χ4n) is 1.55. The van der Waals surface area contributed by atoms with E-state index in [0.717, 1.165) is 0 Å². The predicted molar refractivity (Wildman–Crippen MR) is 75.2 cm³/mol. The van der Waals surface area contributed by atoms with Crippen molar-refractivity contribution in [3.8, 4) is 0 Å². The van der Waals surface area contributed by atoms with Crippen LogP contribution < -0.4 is 5.32 Å². The van der Waals surface area contributed by atoms with E-state index in [0.29, 0.717) is 20.8 Å². The van der Waals surface area contributed by atoms with Crippen molar-refractivity contribution >= 4 is 33.4 Å². The first-order valence-corrected chi connectivity index (χ1v) is 6.70. The highest BCUT2D eigenvalue weighted by atomic mass is 79.9. The molecule has 0 aliphatic carbocycles. The summed E-state index contributed by atoms with van der Waals surface area (Å²) in [5.41, 5.74) is 0.350. The van der Waals surface area contributed by atoms with Gasteiger partial charge >= 0.3 is 0 Å². The number of benzene rings is 1. The molecule has 0 fully saturated rings. The van der Waals surface area contributed by atoms with E-state index in [2.05, 4.69) is 21.2 Å². The molecule has 1 heterocycles. The van der Waals surface area contributed by atoms with Crippen molar-refractivity contribution in [2.24, 2.45) is 0 Å². The summed E-state index contributed by atoms with van der Waals surface area (Å²) in [6, 6.07) is 8.39. The number of halogens is 2. The van der Waals surface area contributed by atoms with E-state index in [1.807, 2.05) is 0 Å². The number of amides is 1. The van der Waals surface area contributed by atoms with E-state index in [9.17, 15) is 9.90 Å². The fourth-order valence-corrected chi connectivity index (χ4v) is 2.12. The Kier molecular flexibility index (Phi) is 4.63. The molecule has 1 aromatic carbocycles. The van der Waals surface area contributed by atoms with Crippen LogP contribution >= 0.6 is 27.5 Å². The Bertz CT molecular complexity index is 571. The molecule has 100 valence electrons. The Morgan fingerprint density at radius 2 is 2.21 bits per heavy atom. The van der Waals surface area contributed by atoms with Gasteiger partial charge in [-0.1, -0.05) is 17.7 Å². The fraction of sp³-hybridized carbons (Fsp3) is 0.154. The minimum atomic E-state index is -0.884. The number of hydrogen-bond donors (Lipinski definition) is 2. The Hall–Kier alpha value is -1.30. The molecule has 2 rings (SSSR count). The number of carbonyl (C=O) groups excluding carboxylic acids is 1. The van der Waals surface area contributed by atoms with Gasteiger partial charge in [-0.3, -0.25) is 4.79 Å². The highest BCUT2D eigenvalue weighted by Crippen LogP contribution is 2.25. The molecule has 2 aromatic rings. The van der Waals surface area contributed by atoms with Crippen LogP contribution in [-0.4, -0.2) is 17.6 Å². The molecule has 0 radical (unpaired) electrons. The van der Waals surface area contributed by atoms with Crippen molar-refractivity contribution in [3.63, 3.8) is 0 Å². The van der Waals surface area contributed by atoms with Crippen LogP contribution in [0.3, 0.4) is 0 Å². The molecule has 0 spiro atoms. The molecule has 0 saturated carbocycles. The molecule has 1 unspecified atom stereocenters. The summed E-state index contributed by atoms with van der Waals surface area (Å²) in [4.78, 5) is 11.9. The average Bonchev–Trinajstić information content (AvgIpc) is 2.93. The molecule has 0 bridgehead atoms. The highest BCUT2D eigenvalue weighted by Gasteiger charge is 2.15. The summed E-state index contributed by atoms with van der Waals surface area (Å²) in [6.45, 7) is 0.0508. The first-order chi connectivity index (χ1) is 9.09. The van der Waals surface area contributed by atoms with Crippen LogP contribution in [-0.2, 0) is 0 Å². The Balaban J connectivity index is 2.00. The zero-order valence-electron chi connectivity index (χ0n) is 9.77. The van der Waals surface area contributed by atoms with Crippen LogP contribution in [0.15, 0.2) is 45.5 Å². The third kappa shape index (κ3) is 3.37. The first-order valence-electron chi connectivity index (χ1n) is 5.53. The summed E-state index contributed by atoms with van der Waals surface area (Å²) in [6.07, 6.45) is 0.579. The van der Waals surface area contributed by atoms with Gasteiger partial charge in [0.25, 0.3) is 5.91 Å². The third-order valence-electron chi connectivity index (χ3n) is 2.52. The van der Waals surface area contributed by atoms with Crippen molar-refractivity contribution in [2.75, 3.05) is 6.54 Å². The van der Waals surface area contributed by atoms with Gasteiger partial charge in [-0.05, 0) is 40.2 Å². The molecule has 0 aliphatic rings. The van der Waals surface area contributed by atoms with Crippen molar-refractivity contribution in [1.82, 2.24) is 5.32 Å². The molecule has 0 saturated heterocycles. The predicted octanol–water partition coefficient (Wildman–Crippen LogP) is 3.16. The van der Waals surface area contributed by atoms with Gasteiger partial charge in [0.15, 0.2) is 0 Å². The number of rotatable bonds is 4. The molecular weight excluding hydrogens is 334 g/mol. The normalized spacial score (nSPS) is 12.2. The van der Waals surface area contributed by atoms with E-state index >= 15 is 0 Å². The summed E-state index contributed by atoms with van der Waals surface area (Å²) in [5.74, 6) is 0.0533. The SMILES string of the molecule is O=C(NCC(O)c1ccco1)c1cccc(Br)c1Cl. The molecule has 1 amide bonds. The first kappa shape index (κ1) is 14.1. The minimum absolute atomic E-state index is 0.0508. The van der Waals surface area contributed by atoms with Gasteiger partial charge in [-0.15, -0.1) is 0 Å². The molecule has 1 atom stereocenters. The van der Waals surface area contributed by atoms with Gasteiger partial charge in [-0.2, -0.15) is 0 Å². The van der Waals surface area contributed by atoms with E-state index in [1.165, 1.54) is 6.26 Å². The lowest BCUT2D eigenvalue weighted by Crippen LogP contribution is -2.28. The lowest BCUT2D eigenvalue weighted by molar-refractivity contribution is 0.0901. The number of nitrogens with one attached hydrogen (secondary N) is 1. The third-order valence-corrected chi connectivity index (χ3v) is 3.82. The van der Waals surface area contributed by atoms with Crippen LogP contribution in [0.4, 0.5) is 0 Å². The number of carbonyl (C=O) groups is 1. The maximum atomic E-state index is 11.9. The average molecular weight is 345 g/mol. The standard InChI is InChI=1S/C13H11BrClNO3/c14-9-4-1-3-8(12(9)15)13(18)16-7-10(17)11-5-2-6-19-11/h1-6,10,17H,7H2,(H,16,18). The maximum absolute atomic E-state index is 11.9. The molecule has 19 heavy (non-hydrogen) atoms. The monoisotopic (exact) mass is 343 g/mol. The summed E-state index contributed by atoms with van der Waals surface area (Å²) in [7, 11) is 0. The van der Waals surface area contributed by atoms with Gasteiger partial charge in [0.2, 0.25) is 0 Å². The van der Waals surface area contributed by atoms with E-state index in [1.54, 1.807) is 30.3 Å². The molecule has 6 heteroatoms. The van der Waals surface area contributed by atoms with E-state index in [4.69, 9.17) is 16.0 Å². The second-order valence-electron chi connectivity index (χ2n) is 3.84. The van der Waals surface area contributed by atoms with Crippen molar-refractivity contribution in [1.29, 1.82) is 0 Å². The molecule has 1 aromatic heterocycles. The van der Waals surface area contributed by atoms with Gasteiger partial charge in [-0.25, -0.2) is 0 Å². The van der Waals surface area contributed by atoms with Gasteiger partial charge < -0.3 is 14.8 Å². The maximum Gasteiger partial charge on any atom is 0.252 e. The summed E-state index contributed by atoms with van der Waals surface area (Å²) in [5, 5.41) is 12.7. The quantitative estimate of drug-likeness (QED) is 0.895. The summed E-state index contributed by atoms with van der Waals surface area (Å²) < 4.78 is 5.69. The minimum Gasteiger partial charge on any atom is -0.467 e. The van der Waals surface area contributed by atoms with Gasteiger partial charge in [0.1, 0.15) is 11.9 Å². The van der Waals surface area contributed by atoms with Crippen LogP contribution in [0.5, 0.6) is 0 Å². The highest BCUT2D eigenvalue weighted by molar-refractivity contribution is 9.10. The second-order valence-corrected chi connectivity index (χ2v) is 5.07. The summed E-state index contributed by atoms with van der Waals surface area (Å²) >= 11 is 9.26. The number of aliphatic hydroxyl groups excluding tert-OH is 1. The van der Waals surface area contributed by atoms with E-state index < -0.39 is 6.10 Å². The van der Waals surface area contributed by atoms with Crippen molar-refractivity contribution < 1.29 is 14.3 Å². The van der Waals surface area contributed by atoms with Crippen LogP contribution in [0.1, 0.15) is 22.2 Å². The van der Waals surface area contributed by atoms with Crippen LogP contribution in [0.2, 0.25) is 5.02 Å². The molecule has 0 aliphatic heterocycles. The topological polar surface area (TPSA) is 62.5 Å². The smallest absolute Gasteiger partial charge is 0.252 e. The molecule has 2 N–H and O–H groups in total. The zero-order valence-corrected chi connectivity index (χ0v) is 12.1. The van der Waals surface area contributed by atoms with Gasteiger partial charge in [0.05, 0.1) is 23.4 Å². The largest absolute Gasteiger partial charge is 0.467 e. The van der Waals surface area contributed by atoms with Crippen LogP contribution in [0, 0.1) is 0 Å². The Labute approximate surface area is 123 Å². The lowest BCUT2D eigenvalue weighted by atomic mass is 10.2. The lowest BCUT2D eigenvalue weighted by Gasteiger charge is -2.10. The second kappa shape index (κ2) is 6.23. The van der Waals surface area contributed by atoms with E-state index in [-0.39, 0.29) is 12.5 Å². The van der Waals surface area contributed by atoms with Crippen molar-refractivity contribution in [3.05, 3.63) is 57.4 Å². The van der Waals surface area contributed by atoms with Crippen molar-refractivity contribution in [2.45, 2.75) is 6.10 Å². The van der Waals surface area contributed by atoms with Gasteiger partial charge in [0, 0.05) is 4.47 Å². The number of hydrogen-bond acceptors (Lipinski definition) is 3.